The second-order valence-electron chi connectivity index (χ2n) is 3.89. The van der Waals surface area contributed by atoms with Crippen LogP contribution in [0.25, 0.3) is 0 Å². The minimum atomic E-state index is -0.941. The Morgan fingerprint density at radius 3 is 2.62 bits per heavy atom. The van der Waals surface area contributed by atoms with Crippen LogP contribution in [-0.4, -0.2) is 17.0 Å². The molecule has 1 aliphatic rings. The van der Waals surface area contributed by atoms with E-state index in [4.69, 9.17) is 0 Å². The zero-order valence-electron chi connectivity index (χ0n) is 8.91. The molecule has 0 fully saturated rings. The summed E-state index contributed by atoms with van der Waals surface area (Å²) in [7, 11) is 0. The third-order valence-corrected chi connectivity index (χ3v) is 2.75. The quantitative estimate of drug-likeness (QED) is 0.784. The normalized spacial score (nSPS) is 20.7. The first-order valence-electron chi connectivity index (χ1n) is 5.39. The van der Waals surface area contributed by atoms with Gasteiger partial charge >= 0.3 is 0 Å². The van der Waals surface area contributed by atoms with Crippen molar-refractivity contribution in [3.05, 3.63) is 60.2 Å². The van der Waals surface area contributed by atoms with Gasteiger partial charge in [-0.15, -0.1) is 0 Å². The molecule has 1 aromatic carbocycles. The molecule has 16 heavy (non-hydrogen) atoms. The number of hydrogen-bond acceptors (Lipinski definition) is 2. The molecule has 0 saturated heterocycles. The Morgan fingerprint density at radius 2 is 2.00 bits per heavy atom. The van der Waals surface area contributed by atoms with Crippen LogP contribution in [0.2, 0.25) is 0 Å². The molecule has 0 aliphatic heterocycles. The van der Waals surface area contributed by atoms with Gasteiger partial charge in [-0.3, -0.25) is 4.79 Å². The number of carbonyl (C=O) groups excluding carboxylic acids is 1. The summed E-state index contributed by atoms with van der Waals surface area (Å²) in [5.41, 5.74) is 0.568. The van der Waals surface area contributed by atoms with Crippen molar-refractivity contribution in [2.75, 3.05) is 0 Å². The van der Waals surface area contributed by atoms with Gasteiger partial charge in [-0.1, -0.05) is 54.6 Å². The van der Waals surface area contributed by atoms with Crippen LogP contribution in [0.1, 0.15) is 16.8 Å². The SMILES string of the molecule is O=C(c1ccccc1)[C@H](O)[C@H]1C=CC=CC1. The fraction of sp³-hybridized carbons (Fsp3) is 0.214. The first-order valence-corrected chi connectivity index (χ1v) is 5.39. The van der Waals surface area contributed by atoms with Crippen molar-refractivity contribution in [1.82, 2.24) is 0 Å². The number of aliphatic hydroxyl groups excluding tert-OH is 1. The van der Waals surface area contributed by atoms with E-state index in [2.05, 4.69) is 0 Å². The minimum Gasteiger partial charge on any atom is -0.384 e. The molecule has 0 bridgehead atoms. The second-order valence-corrected chi connectivity index (χ2v) is 3.89. The first-order chi connectivity index (χ1) is 7.79. The van der Waals surface area contributed by atoms with E-state index in [1.54, 1.807) is 24.3 Å². The molecule has 1 N–H and O–H groups in total. The highest BCUT2D eigenvalue weighted by atomic mass is 16.3. The highest BCUT2D eigenvalue weighted by Gasteiger charge is 2.24. The molecule has 0 heterocycles. The maximum atomic E-state index is 11.9. The molecular weight excluding hydrogens is 200 g/mol. The van der Waals surface area contributed by atoms with E-state index in [1.165, 1.54) is 0 Å². The number of rotatable bonds is 3. The summed E-state index contributed by atoms with van der Waals surface area (Å²) >= 11 is 0. The topological polar surface area (TPSA) is 37.3 Å². The lowest BCUT2D eigenvalue weighted by atomic mass is 9.90. The van der Waals surface area contributed by atoms with E-state index in [-0.39, 0.29) is 11.7 Å². The Balaban J connectivity index is 2.10. The monoisotopic (exact) mass is 214 g/mol. The van der Waals surface area contributed by atoms with E-state index in [0.717, 1.165) is 6.42 Å². The van der Waals surface area contributed by atoms with Gasteiger partial charge in [0.05, 0.1) is 0 Å². The predicted molar refractivity (Wildman–Crippen MR) is 63.2 cm³/mol. The number of carbonyl (C=O) groups is 1. The molecule has 1 aromatic rings. The number of benzene rings is 1. The maximum absolute atomic E-state index is 11.9. The molecule has 0 amide bonds. The zero-order valence-corrected chi connectivity index (χ0v) is 8.91. The first kappa shape index (κ1) is 10.8. The summed E-state index contributed by atoms with van der Waals surface area (Å²) in [5.74, 6) is -0.303. The van der Waals surface area contributed by atoms with Gasteiger partial charge in [0.1, 0.15) is 6.10 Å². The number of allylic oxidation sites excluding steroid dienone is 3. The molecule has 0 aromatic heterocycles. The lowest BCUT2D eigenvalue weighted by molar-refractivity contribution is 0.0660. The fourth-order valence-electron chi connectivity index (χ4n) is 1.80. The Hall–Kier alpha value is -1.67. The van der Waals surface area contributed by atoms with E-state index >= 15 is 0 Å². The highest BCUT2D eigenvalue weighted by Crippen LogP contribution is 2.19. The third-order valence-electron chi connectivity index (χ3n) is 2.75. The molecule has 2 nitrogen and oxygen atoms in total. The summed E-state index contributed by atoms with van der Waals surface area (Å²) in [6.07, 6.45) is 7.42. The number of aliphatic hydroxyl groups is 1. The summed E-state index contributed by atoms with van der Waals surface area (Å²) in [5, 5.41) is 9.96. The predicted octanol–water partition coefficient (Wildman–Crippen LogP) is 2.36. The summed E-state index contributed by atoms with van der Waals surface area (Å²) in [6.45, 7) is 0. The summed E-state index contributed by atoms with van der Waals surface area (Å²) in [4.78, 5) is 11.9. The molecule has 1 aliphatic carbocycles. The molecule has 2 rings (SSSR count). The van der Waals surface area contributed by atoms with E-state index < -0.39 is 6.10 Å². The molecule has 0 unspecified atom stereocenters. The van der Waals surface area contributed by atoms with Crippen molar-refractivity contribution in [1.29, 1.82) is 0 Å². The Kier molecular flexibility index (Phi) is 3.32. The van der Waals surface area contributed by atoms with Crippen LogP contribution in [0.4, 0.5) is 0 Å². The van der Waals surface area contributed by atoms with Gasteiger partial charge in [0, 0.05) is 11.5 Å². The molecule has 82 valence electrons. The average Bonchev–Trinajstić information content (AvgIpc) is 2.39. The number of Topliss-reactive ketones (excluding diaryl/α,β-unsaturated/α-hetero) is 1. The van der Waals surface area contributed by atoms with Crippen LogP contribution in [0.3, 0.4) is 0 Å². The largest absolute Gasteiger partial charge is 0.384 e. The lowest BCUT2D eigenvalue weighted by Crippen LogP contribution is -2.28. The molecule has 0 spiro atoms. The van der Waals surface area contributed by atoms with E-state index in [1.807, 2.05) is 30.4 Å². The smallest absolute Gasteiger partial charge is 0.191 e. The Labute approximate surface area is 94.9 Å². The van der Waals surface area contributed by atoms with Crippen molar-refractivity contribution < 1.29 is 9.90 Å². The van der Waals surface area contributed by atoms with Crippen molar-refractivity contribution in [2.24, 2.45) is 5.92 Å². The standard InChI is InChI=1S/C14H14O2/c15-13(11-7-3-1-4-8-11)14(16)12-9-5-2-6-10-12/h1-9,12,14,16H,10H2/t12-,14+/m0/s1. The Morgan fingerprint density at radius 1 is 1.25 bits per heavy atom. The van der Waals surface area contributed by atoms with Crippen molar-refractivity contribution in [3.8, 4) is 0 Å². The number of hydrogen-bond donors (Lipinski definition) is 1. The van der Waals surface area contributed by atoms with Crippen LogP contribution in [0.15, 0.2) is 54.6 Å². The second kappa shape index (κ2) is 4.90. The minimum absolute atomic E-state index is 0.0993. The number of ketones is 1. The van der Waals surface area contributed by atoms with Crippen molar-refractivity contribution >= 4 is 5.78 Å². The average molecular weight is 214 g/mol. The summed E-state index contributed by atoms with van der Waals surface area (Å²) in [6, 6.07) is 8.92. The molecule has 0 radical (unpaired) electrons. The maximum Gasteiger partial charge on any atom is 0.191 e. The summed E-state index contributed by atoms with van der Waals surface area (Å²) < 4.78 is 0. The highest BCUT2D eigenvalue weighted by molar-refractivity contribution is 5.99. The van der Waals surface area contributed by atoms with Gasteiger partial charge in [-0.25, -0.2) is 0 Å². The van der Waals surface area contributed by atoms with Gasteiger partial charge in [-0.05, 0) is 6.42 Å². The van der Waals surface area contributed by atoms with Crippen LogP contribution in [0.5, 0.6) is 0 Å². The zero-order chi connectivity index (χ0) is 11.4. The van der Waals surface area contributed by atoms with Gasteiger partial charge in [0.2, 0.25) is 0 Å². The lowest BCUT2D eigenvalue weighted by Gasteiger charge is -2.18. The molecular formula is C14H14O2. The van der Waals surface area contributed by atoms with Gasteiger partial charge < -0.3 is 5.11 Å². The van der Waals surface area contributed by atoms with E-state index in [0.29, 0.717) is 5.56 Å². The third kappa shape index (κ3) is 2.28. The van der Waals surface area contributed by atoms with Crippen LogP contribution < -0.4 is 0 Å². The fourth-order valence-corrected chi connectivity index (χ4v) is 1.80. The van der Waals surface area contributed by atoms with Crippen molar-refractivity contribution in [2.45, 2.75) is 12.5 Å². The molecule has 2 atom stereocenters. The van der Waals surface area contributed by atoms with Crippen molar-refractivity contribution in [3.63, 3.8) is 0 Å². The Bertz CT molecular complexity index is 418. The van der Waals surface area contributed by atoms with Gasteiger partial charge in [0.15, 0.2) is 5.78 Å². The van der Waals surface area contributed by atoms with Crippen LogP contribution >= 0.6 is 0 Å². The van der Waals surface area contributed by atoms with Gasteiger partial charge in [-0.2, -0.15) is 0 Å². The van der Waals surface area contributed by atoms with Crippen LogP contribution in [0, 0.1) is 5.92 Å². The van der Waals surface area contributed by atoms with Gasteiger partial charge in [0.25, 0.3) is 0 Å². The van der Waals surface area contributed by atoms with Crippen LogP contribution in [-0.2, 0) is 0 Å². The molecule has 2 heteroatoms. The molecule has 0 saturated carbocycles. The van der Waals surface area contributed by atoms with E-state index in [9.17, 15) is 9.90 Å².